The van der Waals surface area contributed by atoms with E-state index in [9.17, 15) is 0 Å². The lowest BCUT2D eigenvalue weighted by Gasteiger charge is -2.18. The molecule has 1 aromatic carbocycles. The molecule has 2 heterocycles. The molecule has 1 aliphatic heterocycles. The largest absolute Gasteiger partial charge is 0.378 e. The van der Waals surface area contributed by atoms with Gasteiger partial charge in [0.15, 0.2) is 0 Å². The molecule has 0 aliphatic carbocycles. The molecule has 1 fully saturated rings. The van der Waals surface area contributed by atoms with Crippen molar-refractivity contribution >= 4 is 17.0 Å². The smallest absolute Gasteiger partial charge is 0.201 e. The van der Waals surface area contributed by atoms with Crippen LogP contribution in [0.2, 0.25) is 0 Å². The van der Waals surface area contributed by atoms with Crippen molar-refractivity contribution in [3.05, 3.63) is 23.8 Å². The average Bonchev–Trinajstić information content (AvgIpc) is 3.03. The van der Waals surface area contributed by atoms with E-state index < -0.39 is 0 Å². The fraction of sp³-hybridized carbons (Fsp3) is 0.467. The molecule has 20 heavy (non-hydrogen) atoms. The summed E-state index contributed by atoms with van der Waals surface area (Å²) in [5.41, 5.74) is 8.45. The van der Waals surface area contributed by atoms with Gasteiger partial charge in [-0.3, -0.25) is 0 Å². The Morgan fingerprint density at radius 2 is 2.40 bits per heavy atom. The molecule has 1 aliphatic rings. The number of hydrogen-bond donors (Lipinski definition) is 1. The maximum Gasteiger partial charge on any atom is 0.201 e. The first-order chi connectivity index (χ1) is 9.72. The molecule has 2 N–H and O–H groups in total. The fourth-order valence-corrected chi connectivity index (χ4v) is 2.99. The minimum Gasteiger partial charge on any atom is -0.378 e. The SMILES string of the molecule is CCC1OCCC1Cn1c(N)nc2ccc(C#N)cc21. The van der Waals surface area contributed by atoms with E-state index in [0.29, 0.717) is 23.5 Å². The molecule has 0 saturated carbocycles. The highest BCUT2D eigenvalue weighted by Gasteiger charge is 2.28. The van der Waals surface area contributed by atoms with Crippen LogP contribution >= 0.6 is 0 Å². The molecule has 2 aromatic rings. The molecule has 1 saturated heterocycles. The number of hydrogen-bond acceptors (Lipinski definition) is 4. The number of nitrogens with zero attached hydrogens (tertiary/aromatic N) is 3. The molecule has 2 unspecified atom stereocenters. The molecule has 2 atom stereocenters. The molecule has 5 heteroatoms. The molecule has 0 bridgehead atoms. The summed E-state index contributed by atoms with van der Waals surface area (Å²) in [7, 11) is 0. The number of nitrogens with two attached hydrogens (primary N) is 1. The van der Waals surface area contributed by atoms with E-state index >= 15 is 0 Å². The second kappa shape index (κ2) is 5.14. The highest BCUT2D eigenvalue weighted by Crippen LogP contribution is 2.28. The first-order valence-corrected chi connectivity index (χ1v) is 7.00. The van der Waals surface area contributed by atoms with Crippen molar-refractivity contribution in [3.8, 4) is 6.07 Å². The minimum absolute atomic E-state index is 0.297. The summed E-state index contributed by atoms with van der Waals surface area (Å²) in [5.74, 6) is 0.974. The van der Waals surface area contributed by atoms with E-state index in [4.69, 9.17) is 15.7 Å². The van der Waals surface area contributed by atoms with Crippen LogP contribution in [0.5, 0.6) is 0 Å². The lowest BCUT2D eigenvalue weighted by atomic mass is 9.99. The molecular formula is C15H18N4O. The average molecular weight is 270 g/mol. The lowest BCUT2D eigenvalue weighted by molar-refractivity contribution is 0.0839. The summed E-state index contributed by atoms with van der Waals surface area (Å²) in [4.78, 5) is 4.37. The van der Waals surface area contributed by atoms with Gasteiger partial charge in [0, 0.05) is 19.1 Å². The molecule has 104 valence electrons. The van der Waals surface area contributed by atoms with Gasteiger partial charge in [-0.1, -0.05) is 6.92 Å². The Morgan fingerprint density at radius 3 is 3.15 bits per heavy atom. The van der Waals surface area contributed by atoms with E-state index in [1.54, 1.807) is 6.07 Å². The number of ether oxygens (including phenoxy) is 1. The molecule has 1 aromatic heterocycles. The third-order valence-corrected chi connectivity index (χ3v) is 4.07. The van der Waals surface area contributed by atoms with Gasteiger partial charge >= 0.3 is 0 Å². The zero-order valence-electron chi connectivity index (χ0n) is 11.5. The number of aromatic nitrogens is 2. The van der Waals surface area contributed by atoms with Gasteiger partial charge < -0.3 is 15.0 Å². The van der Waals surface area contributed by atoms with E-state index in [1.165, 1.54) is 0 Å². The van der Waals surface area contributed by atoms with Gasteiger partial charge in [-0.25, -0.2) is 4.98 Å². The topological polar surface area (TPSA) is 76.9 Å². The Labute approximate surface area is 118 Å². The Bertz CT molecular complexity index is 670. The van der Waals surface area contributed by atoms with E-state index in [-0.39, 0.29) is 0 Å². The lowest BCUT2D eigenvalue weighted by Crippen LogP contribution is -2.21. The zero-order chi connectivity index (χ0) is 14.1. The van der Waals surface area contributed by atoms with E-state index in [1.807, 2.05) is 16.7 Å². The van der Waals surface area contributed by atoms with E-state index in [0.717, 1.165) is 37.0 Å². The van der Waals surface area contributed by atoms with Gasteiger partial charge in [-0.15, -0.1) is 0 Å². The summed E-state index contributed by atoms with van der Waals surface area (Å²) < 4.78 is 7.75. The van der Waals surface area contributed by atoms with Gasteiger partial charge in [0.1, 0.15) is 0 Å². The summed E-state index contributed by atoms with van der Waals surface area (Å²) >= 11 is 0. The van der Waals surface area contributed by atoms with Crippen molar-refractivity contribution in [2.24, 2.45) is 5.92 Å². The molecule has 0 amide bonds. The number of benzene rings is 1. The molecule has 3 rings (SSSR count). The fourth-order valence-electron chi connectivity index (χ4n) is 2.99. The maximum atomic E-state index is 9.03. The minimum atomic E-state index is 0.297. The predicted molar refractivity (Wildman–Crippen MR) is 77.0 cm³/mol. The molecule has 5 nitrogen and oxygen atoms in total. The Balaban J connectivity index is 1.98. The first-order valence-electron chi connectivity index (χ1n) is 7.00. The number of fused-ring (bicyclic) bond motifs is 1. The van der Waals surface area contributed by atoms with Gasteiger partial charge in [0.2, 0.25) is 5.95 Å². The third-order valence-electron chi connectivity index (χ3n) is 4.07. The van der Waals surface area contributed by atoms with Crippen molar-refractivity contribution in [1.82, 2.24) is 9.55 Å². The zero-order valence-corrected chi connectivity index (χ0v) is 11.5. The second-order valence-corrected chi connectivity index (χ2v) is 5.26. The van der Waals surface area contributed by atoms with Crippen LogP contribution in [0.25, 0.3) is 11.0 Å². The van der Waals surface area contributed by atoms with Crippen LogP contribution in [0.1, 0.15) is 25.3 Å². The Kier molecular flexibility index (Phi) is 3.33. The van der Waals surface area contributed by atoms with Gasteiger partial charge in [0.05, 0.1) is 28.8 Å². The highest BCUT2D eigenvalue weighted by molar-refractivity contribution is 5.79. The van der Waals surface area contributed by atoms with Crippen LogP contribution in [0, 0.1) is 17.2 Å². The summed E-state index contributed by atoms with van der Waals surface area (Å²) in [6.45, 7) is 3.76. The van der Waals surface area contributed by atoms with Crippen LogP contribution in [0.4, 0.5) is 5.95 Å². The van der Waals surface area contributed by atoms with Crippen LogP contribution in [0.3, 0.4) is 0 Å². The van der Waals surface area contributed by atoms with Crippen LogP contribution in [0.15, 0.2) is 18.2 Å². The Hall–Kier alpha value is -2.06. The molecule has 0 radical (unpaired) electrons. The normalized spacial score (nSPS) is 22.2. The number of imidazole rings is 1. The number of nitrogen functional groups attached to an aromatic ring is 1. The van der Waals surface area contributed by atoms with Crippen molar-refractivity contribution in [1.29, 1.82) is 5.26 Å². The van der Waals surface area contributed by atoms with Crippen molar-refractivity contribution < 1.29 is 4.74 Å². The van der Waals surface area contributed by atoms with Crippen molar-refractivity contribution in [2.45, 2.75) is 32.4 Å². The van der Waals surface area contributed by atoms with Crippen molar-refractivity contribution in [3.63, 3.8) is 0 Å². The van der Waals surface area contributed by atoms with Crippen molar-refractivity contribution in [2.75, 3.05) is 12.3 Å². The molecule has 0 spiro atoms. The standard InChI is InChI=1S/C15H18N4O/c1-2-14-11(5-6-20-14)9-19-13-7-10(8-16)3-4-12(13)18-15(19)17/h3-4,7,11,14H,2,5-6,9H2,1H3,(H2,17,18). The third kappa shape index (κ3) is 2.12. The van der Waals surface area contributed by atoms with Crippen LogP contribution < -0.4 is 5.73 Å². The summed E-state index contributed by atoms with van der Waals surface area (Å²) in [6.07, 6.45) is 2.36. The maximum absolute atomic E-state index is 9.03. The Morgan fingerprint density at radius 1 is 1.55 bits per heavy atom. The quantitative estimate of drug-likeness (QED) is 0.928. The van der Waals surface area contributed by atoms with Gasteiger partial charge in [0.25, 0.3) is 0 Å². The second-order valence-electron chi connectivity index (χ2n) is 5.26. The van der Waals surface area contributed by atoms with E-state index in [2.05, 4.69) is 18.0 Å². The highest BCUT2D eigenvalue weighted by atomic mass is 16.5. The molecular weight excluding hydrogens is 252 g/mol. The predicted octanol–water partition coefficient (Wildman–Crippen LogP) is 2.31. The van der Waals surface area contributed by atoms with Gasteiger partial charge in [-0.05, 0) is 31.0 Å². The number of anilines is 1. The van der Waals surface area contributed by atoms with Crippen LogP contribution in [-0.4, -0.2) is 22.3 Å². The van der Waals surface area contributed by atoms with Crippen LogP contribution in [-0.2, 0) is 11.3 Å². The van der Waals surface area contributed by atoms with Gasteiger partial charge in [-0.2, -0.15) is 5.26 Å². The number of nitriles is 1. The summed E-state index contributed by atoms with van der Waals surface area (Å²) in [5, 5.41) is 9.03. The number of rotatable bonds is 3. The monoisotopic (exact) mass is 270 g/mol. The first kappa shape index (κ1) is 12.9. The summed E-state index contributed by atoms with van der Waals surface area (Å²) in [6, 6.07) is 7.64.